The Hall–Kier alpha value is -3.46. The Bertz CT molecular complexity index is 1090. The lowest BCUT2D eigenvalue weighted by molar-refractivity contribution is 0.1000. The van der Waals surface area contributed by atoms with Crippen molar-refractivity contribution in [2.45, 2.75) is 20.0 Å². The van der Waals surface area contributed by atoms with Crippen LogP contribution < -0.4 is 22.2 Å². The number of carbonyl (C=O) groups excluding carboxylic acids is 1. The van der Waals surface area contributed by atoms with E-state index in [9.17, 15) is 9.59 Å². The van der Waals surface area contributed by atoms with E-state index >= 15 is 0 Å². The first-order valence-electron chi connectivity index (χ1n) is 8.81. The number of nitrogens with zero attached hydrogens (tertiary/aromatic N) is 4. The molecule has 0 saturated heterocycles. The van der Waals surface area contributed by atoms with Crippen molar-refractivity contribution in [3.63, 3.8) is 0 Å². The van der Waals surface area contributed by atoms with Crippen molar-refractivity contribution in [3.05, 3.63) is 51.8 Å². The number of aryl methyl sites for hydroxylation is 1. The number of primary amides is 1. The molecule has 0 unspecified atom stereocenters. The van der Waals surface area contributed by atoms with Gasteiger partial charge in [0, 0.05) is 25.0 Å². The van der Waals surface area contributed by atoms with Gasteiger partial charge in [0.05, 0.1) is 5.39 Å². The molecule has 0 radical (unpaired) electrons. The zero-order chi connectivity index (χ0) is 20.4. The van der Waals surface area contributed by atoms with Crippen LogP contribution in [0.1, 0.15) is 22.8 Å². The summed E-state index contributed by atoms with van der Waals surface area (Å²) in [6, 6.07) is 7.90. The number of benzene rings is 1. The van der Waals surface area contributed by atoms with Crippen LogP contribution in [0.2, 0.25) is 0 Å². The molecule has 1 aromatic carbocycles. The number of hydrogen-bond donors (Lipinski definition) is 3. The summed E-state index contributed by atoms with van der Waals surface area (Å²) < 4.78 is 1.57. The second-order valence-electron chi connectivity index (χ2n) is 6.69. The zero-order valence-electron chi connectivity index (χ0n) is 16.1. The molecule has 28 heavy (non-hydrogen) atoms. The highest BCUT2D eigenvalue weighted by molar-refractivity contribution is 6.00. The summed E-state index contributed by atoms with van der Waals surface area (Å²) in [4.78, 5) is 34.9. The van der Waals surface area contributed by atoms with Crippen molar-refractivity contribution in [2.24, 2.45) is 5.73 Å². The summed E-state index contributed by atoms with van der Waals surface area (Å²) in [7, 11) is 4.02. The van der Waals surface area contributed by atoms with E-state index in [0.29, 0.717) is 18.1 Å². The van der Waals surface area contributed by atoms with Crippen LogP contribution in [0.5, 0.6) is 0 Å². The molecule has 3 aromatic rings. The monoisotopic (exact) mass is 381 g/mol. The topological polar surface area (TPSA) is 132 Å². The van der Waals surface area contributed by atoms with Gasteiger partial charge >= 0.3 is 0 Å². The molecule has 0 aliphatic carbocycles. The Morgan fingerprint density at radius 1 is 1.25 bits per heavy atom. The smallest absolute Gasteiger partial charge is 0.256 e. The normalized spacial score (nSPS) is 11.1. The number of pyridine rings is 1. The number of rotatable bonds is 6. The van der Waals surface area contributed by atoms with Gasteiger partial charge in [0.1, 0.15) is 11.4 Å². The quantitative estimate of drug-likeness (QED) is 0.586. The van der Waals surface area contributed by atoms with Crippen LogP contribution >= 0.6 is 0 Å². The molecule has 9 heteroatoms. The van der Waals surface area contributed by atoms with Crippen molar-refractivity contribution < 1.29 is 4.79 Å². The highest BCUT2D eigenvalue weighted by Crippen LogP contribution is 2.20. The molecule has 0 bridgehead atoms. The first-order chi connectivity index (χ1) is 13.3. The fourth-order valence-corrected chi connectivity index (χ4v) is 3.04. The van der Waals surface area contributed by atoms with E-state index in [1.165, 1.54) is 11.8 Å². The van der Waals surface area contributed by atoms with E-state index in [0.717, 1.165) is 12.2 Å². The number of nitrogens with two attached hydrogens (primary N) is 2. The summed E-state index contributed by atoms with van der Waals surface area (Å²) in [6.45, 7) is 3.10. The molecule has 0 atom stereocenters. The molecule has 5 N–H and O–H groups in total. The van der Waals surface area contributed by atoms with Gasteiger partial charge in [0.15, 0.2) is 5.65 Å². The van der Waals surface area contributed by atoms with Gasteiger partial charge in [-0.25, -0.2) is 4.98 Å². The van der Waals surface area contributed by atoms with E-state index in [4.69, 9.17) is 11.5 Å². The Kier molecular flexibility index (Phi) is 5.27. The predicted octanol–water partition coefficient (Wildman–Crippen LogP) is 1.30. The van der Waals surface area contributed by atoms with Gasteiger partial charge in [-0.3, -0.25) is 9.59 Å². The molecule has 2 heterocycles. The van der Waals surface area contributed by atoms with Gasteiger partial charge in [-0.05, 0) is 38.7 Å². The predicted molar refractivity (Wildman–Crippen MR) is 110 cm³/mol. The van der Waals surface area contributed by atoms with Crippen LogP contribution in [0.3, 0.4) is 0 Å². The molecule has 2 aromatic heterocycles. The minimum atomic E-state index is -0.869. The van der Waals surface area contributed by atoms with Gasteiger partial charge in [-0.1, -0.05) is 12.1 Å². The van der Waals surface area contributed by atoms with Crippen LogP contribution in [-0.2, 0) is 13.1 Å². The van der Waals surface area contributed by atoms with E-state index < -0.39 is 11.3 Å². The molecule has 0 fully saturated rings. The van der Waals surface area contributed by atoms with Crippen LogP contribution in [0, 0.1) is 0 Å². The largest absolute Gasteiger partial charge is 0.384 e. The third-order valence-electron chi connectivity index (χ3n) is 4.31. The average Bonchev–Trinajstić information content (AvgIpc) is 2.63. The minimum absolute atomic E-state index is 0.00480. The summed E-state index contributed by atoms with van der Waals surface area (Å²) in [5.74, 6) is -0.544. The highest BCUT2D eigenvalue weighted by atomic mass is 16.2. The zero-order valence-corrected chi connectivity index (χ0v) is 16.1. The molecule has 0 aliphatic heterocycles. The molecular formula is C19H23N7O2. The molecule has 0 spiro atoms. The Balaban J connectivity index is 2.01. The van der Waals surface area contributed by atoms with Gasteiger partial charge in [0.2, 0.25) is 11.4 Å². The Morgan fingerprint density at radius 2 is 1.93 bits per heavy atom. The Morgan fingerprint density at radius 3 is 2.50 bits per heavy atom. The number of hydrogen-bond acceptors (Lipinski definition) is 7. The van der Waals surface area contributed by atoms with Gasteiger partial charge < -0.3 is 26.3 Å². The van der Waals surface area contributed by atoms with Gasteiger partial charge in [0.25, 0.3) is 5.91 Å². The maximum atomic E-state index is 12.6. The molecule has 146 valence electrons. The fraction of sp³-hybridized carbons (Fsp3) is 0.263. The number of nitrogen functional groups attached to an aromatic ring is 1. The van der Waals surface area contributed by atoms with Crippen LogP contribution in [0.15, 0.2) is 35.3 Å². The molecule has 9 nitrogen and oxygen atoms in total. The number of nitrogens with one attached hydrogen (secondary N) is 1. The fourth-order valence-electron chi connectivity index (χ4n) is 3.04. The SMILES string of the molecule is CCn1c(N)c(C(N)=O)c(=O)c2cnc(Nc3ccc(CN(C)C)cc3)nc21. The van der Waals surface area contributed by atoms with E-state index in [1.54, 1.807) is 4.57 Å². The Labute approximate surface area is 162 Å². The number of anilines is 3. The first kappa shape index (κ1) is 19.3. The average molecular weight is 381 g/mol. The van der Waals surface area contributed by atoms with Crippen molar-refractivity contribution in [3.8, 4) is 0 Å². The summed E-state index contributed by atoms with van der Waals surface area (Å²) in [5, 5.41) is 3.31. The van der Waals surface area contributed by atoms with Gasteiger partial charge in [-0.2, -0.15) is 4.98 Å². The summed E-state index contributed by atoms with van der Waals surface area (Å²) in [6.07, 6.45) is 1.38. The number of aromatic nitrogens is 3. The maximum Gasteiger partial charge on any atom is 0.256 e. The molecule has 0 saturated carbocycles. The van der Waals surface area contributed by atoms with Crippen LogP contribution in [-0.4, -0.2) is 39.4 Å². The molecular weight excluding hydrogens is 358 g/mol. The first-order valence-corrected chi connectivity index (χ1v) is 8.81. The maximum absolute atomic E-state index is 12.6. The number of amides is 1. The van der Waals surface area contributed by atoms with Crippen molar-refractivity contribution >= 4 is 34.4 Å². The van der Waals surface area contributed by atoms with Crippen molar-refractivity contribution in [1.29, 1.82) is 0 Å². The van der Waals surface area contributed by atoms with E-state index in [-0.39, 0.29) is 16.8 Å². The number of carbonyl (C=O) groups is 1. The molecule has 1 amide bonds. The van der Waals surface area contributed by atoms with Crippen LogP contribution in [0.25, 0.3) is 11.0 Å². The second-order valence-corrected chi connectivity index (χ2v) is 6.69. The van der Waals surface area contributed by atoms with Crippen molar-refractivity contribution in [2.75, 3.05) is 25.1 Å². The van der Waals surface area contributed by atoms with Gasteiger partial charge in [-0.15, -0.1) is 0 Å². The summed E-state index contributed by atoms with van der Waals surface area (Å²) in [5.41, 5.74) is 12.8. The molecule has 0 aliphatic rings. The second kappa shape index (κ2) is 7.65. The standard InChI is InChI=1S/C19H23N7O2/c1-4-26-16(20)14(17(21)28)15(27)13-9-22-19(24-18(13)26)23-12-7-5-11(6-8-12)10-25(2)3/h5-9H,4,10,20H2,1-3H3,(H2,21,28)(H,22,23,24). The van der Waals surface area contributed by atoms with Crippen molar-refractivity contribution in [1.82, 2.24) is 19.4 Å². The van der Waals surface area contributed by atoms with E-state index in [2.05, 4.69) is 20.2 Å². The lowest BCUT2D eigenvalue weighted by Gasteiger charge is -2.15. The summed E-state index contributed by atoms with van der Waals surface area (Å²) >= 11 is 0. The lowest BCUT2D eigenvalue weighted by Crippen LogP contribution is -2.28. The number of fused-ring (bicyclic) bond motifs is 1. The van der Waals surface area contributed by atoms with E-state index in [1.807, 2.05) is 45.3 Å². The highest BCUT2D eigenvalue weighted by Gasteiger charge is 2.19. The third kappa shape index (κ3) is 3.65. The lowest BCUT2D eigenvalue weighted by atomic mass is 10.1. The molecule has 3 rings (SSSR count). The van der Waals surface area contributed by atoms with Crippen LogP contribution in [0.4, 0.5) is 17.5 Å². The minimum Gasteiger partial charge on any atom is -0.384 e. The third-order valence-corrected chi connectivity index (χ3v) is 4.31.